The van der Waals surface area contributed by atoms with Gasteiger partial charge in [-0.05, 0) is 11.6 Å². The van der Waals surface area contributed by atoms with Crippen molar-refractivity contribution in [3.05, 3.63) is 65.1 Å². The quantitative estimate of drug-likeness (QED) is 0.368. The van der Waals surface area contributed by atoms with Crippen molar-refractivity contribution >= 4 is 16.8 Å². The zero-order valence-corrected chi connectivity index (χ0v) is 14.1. The maximum atomic E-state index is 14.3. The predicted octanol–water partition coefficient (Wildman–Crippen LogP) is 4.69. The van der Waals surface area contributed by atoms with Crippen LogP contribution in [0.2, 0.25) is 0 Å². The molecule has 4 rings (SSSR count). The van der Waals surface area contributed by atoms with Gasteiger partial charge < -0.3 is 9.30 Å². The lowest BCUT2D eigenvalue weighted by molar-refractivity contribution is 0.314. The highest BCUT2D eigenvalue weighted by Gasteiger charge is 2.28. The van der Waals surface area contributed by atoms with Crippen LogP contribution in [0.1, 0.15) is 12.5 Å². The van der Waals surface area contributed by atoms with Gasteiger partial charge in [-0.1, -0.05) is 18.2 Å². The Kier molecular flexibility index (Phi) is 4.13. The number of halogens is 5. The molecule has 1 atom stereocenters. The lowest BCUT2D eigenvalue weighted by Gasteiger charge is -2.10. The summed E-state index contributed by atoms with van der Waals surface area (Å²) in [6.07, 6.45) is 1.78. The summed E-state index contributed by atoms with van der Waals surface area (Å²) in [6, 6.07) is 6.45. The van der Waals surface area contributed by atoms with Crippen molar-refractivity contribution in [2.24, 2.45) is 4.99 Å². The molecule has 27 heavy (non-hydrogen) atoms. The fraction of sp³-hybridized carbons (Fsp3) is 0.211. The molecule has 0 spiro atoms. The van der Waals surface area contributed by atoms with Crippen molar-refractivity contribution in [2.45, 2.75) is 19.4 Å². The summed E-state index contributed by atoms with van der Waals surface area (Å²) in [5.74, 6) is -9.35. The first kappa shape index (κ1) is 17.5. The summed E-state index contributed by atoms with van der Waals surface area (Å²) in [6.45, 7) is 2.09. The Morgan fingerprint density at radius 2 is 1.63 bits per heavy atom. The molecule has 0 saturated heterocycles. The Balaban J connectivity index is 1.92. The number of rotatable bonds is 3. The van der Waals surface area contributed by atoms with E-state index in [4.69, 9.17) is 4.74 Å². The molecule has 140 valence electrons. The first-order chi connectivity index (χ1) is 12.9. The Labute approximate surface area is 150 Å². The van der Waals surface area contributed by atoms with E-state index in [1.54, 1.807) is 31.2 Å². The van der Waals surface area contributed by atoms with Crippen LogP contribution in [0.25, 0.3) is 16.6 Å². The molecule has 2 heterocycles. The summed E-state index contributed by atoms with van der Waals surface area (Å²) in [4.78, 5) is 4.31. The number of aromatic nitrogens is 1. The van der Waals surface area contributed by atoms with Crippen LogP contribution in [-0.4, -0.2) is 23.1 Å². The van der Waals surface area contributed by atoms with Gasteiger partial charge in [0.25, 0.3) is 0 Å². The molecule has 0 bridgehead atoms. The first-order valence-corrected chi connectivity index (χ1v) is 8.16. The van der Waals surface area contributed by atoms with E-state index in [-0.39, 0.29) is 6.04 Å². The van der Waals surface area contributed by atoms with Crippen molar-refractivity contribution in [3.63, 3.8) is 0 Å². The van der Waals surface area contributed by atoms with Crippen molar-refractivity contribution in [1.82, 2.24) is 4.57 Å². The SMILES string of the molecule is CC1=NC(Cc2cn(-c3c(F)c(F)c(F)c(F)c3F)c3ccccc23)CO1. The van der Waals surface area contributed by atoms with E-state index in [0.717, 1.165) is 4.57 Å². The highest BCUT2D eigenvalue weighted by molar-refractivity contribution is 5.86. The lowest BCUT2D eigenvalue weighted by atomic mass is 10.1. The number of para-hydroxylation sites is 1. The summed E-state index contributed by atoms with van der Waals surface area (Å²) in [5, 5.41) is 0.640. The lowest BCUT2D eigenvalue weighted by Crippen LogP contribution is -2.10. The average molecular weight is 380 g/mol. The van der Waals surface area contributed by atoms with Gasteiger partial charge in [-0.2, -0.15) is 0 Å². The minimum Gasteiger partial charge on any atom is -0.479 e. The summed E-state index contributed by atoms with van der Waals surface area (Å²) in [5.41, 5.74) is -0.00637. The number of hydrogen-bond acceptors (Lipinski definition) is 2. The minimum absolute atomic E-state index is 0.180. The van der Waals surface area contributed by atoms with Crippen LogP contribution in [0.4, 0.5) is 22.0 Å². The Bertz CT molecular complexity index is 1060. The molecule has 1 aliphatic heterocycles. The molecule has 3 nitrogen and oxygen atoms in total. The maximum absolute atomic E-state index is 14.3. The van der Waals surface area contributed by atoms with Gasteiger partial charge >= 0.3 is 0 Å². The topological polar surface area (TPSA) is 26.5 Å². The number of aliphatic imine (C=N–C) groups is 1. The van der Waals surface area contributed by atoms with Crippen LogP contribution >= 0.6 is 0 Å². The second kappa shape index (κ2) is 6.37. The number of fused-ring (bicyclic) bond motifs is 1. The molecule has 0 N–H and O–H groups in total. The number of ether oxygens (including phenoxy) is 1. The molecular weight excluding hydrogens is 367 g/mol. The molecule has 0 amide bonds. The van der Waals surface area contributed by atoms with Gasteiger partial charge in [0.2, 0.25) is 5.82 Å². The molecule has 8 heteroatoms. The minimum atomic E-state index is -2.18. The number of benzene rings is 2. The Morgan fingerprint density at radius 1 is 1.00 bits per heavy atom. The van der Waals surface area contributed by atoms with Crippen LogP contribution < -0.4 is 0 Å². The third-order valence-corrected chi connectivity index (χ3v) is 4.53. The third kappa shape index (κ3) is 2.75. The van der Waals surface area contributed by atoms with Gasteiger partial charge in [0.15, 0.2) is 29.2 Å². The Morgan fingerprint density at radius 3 is 2.26 bits per heavy atom. The van der Waals surface area contributed by atoms with Crippen LogP contribution in [0, 0.1) is 29.1 Å². The Hall–Kier alpha value is -2.90. The van der Waals surface area contributed by atoms with Crippen LogP contribution in [0.15, 0.2) is 35.5 Å². The second-order valence-electron chi connectivity index (χ2n) is 6.28. The molecule has 2 aromatic carbocycles. The predicted molar refractivity (Wildman–Crippen MR) is 89.6 cm³/mol. The highest BCUT2D eigenvalue weighted by Crippen LogP contribution is 2.32. The zero-order valence-electron chi connectivity index (χ0n) is 14.1. The average Bonchev–Trinajstić information content (AvgIpc) is 3.23. The molecule has 1 aliphatic rings. The van der Waals surface area contributed by atoms with Gasteiger partial charge in [-0.3, -0.25) is 0 Å². The number of hydrogen-bond donors (Lipinski definition) is 0. The molecule has 0 aliphatic carbocycles. The van der Waals surface area contributed by atoms with Gasteiger partial charge in [-0.15, -0.1) is 0 Å². The van der Waals surface area contributed by atoms with Crippen molar-refractivity contribution in [3.8, 4) is 5.69 Å². The van der Waals surface area contributed by atoms with Gasteiger partial charge in [0.05, 0.1) is 11.6 Å². The molecule has 3 aromatic rings. The summed E-state index contributed by atoms with van der Waals surface area (Å²) >= 11 is 0. The van der Waals surface area contributed by atoms with E-state index >= 15 is 0 Å². The van der Waals surface area contributed by atoms with Gasteiger partial charge in [0.1, 0.15) is 12.3 Å². The van der Waals surface area contributed by atoms with Crippen LogP contribution in [0.3, 0.4) is 0 Å². The maximum Gasteiger partial charge on any atom is 0.200 e. The van der Waals surface area contributed by atoms with E-state index < -0.39 is 34.8 Å². The first-order valence-electron chi connectivity index (χ1n) is 8.16. The molecule has 0 fully saturated rings. The third-order valence-electron chi connectivity index (χ3n) is 4.53. The van der Waals surface area contributed by atoms with E-state index in [0.29, 0.717) is 35.4 Å². The van der Waals surface area contributed by atoms with Gasteiger partial charge in [-0.25, -0.2) is 26.9 Å². The zero-order chi connectivity index (χ0) is 19.3. The monoisotopic (exact) mass is 380 g/mol. The van der Waals surface area contributed by atoms with Crippen LogP contribution in [-0.2, 0) is 11.2 Å². The normalized spacial score (nSPS) is 16.7. The highest BCUT2D eigenvalue weighted by atomic mass is 19.2. The summed E-state index contributed by atoms with van der Waals surface area (Å²) in [7, 11) is 0. The molecular formula is C19H13F5N2O. The van der Waals surface area contributed by atoms with E-state index in [2.05, 4.69) is 4.99 Å². The molecule has 1 aromatic heterocycles. The second-order valence-corrected chi connectivity index (χ2v) is 6.28. The van der Waals surface area contributed by atoms with Crippen molar-refractivity contribution in [1.29, 1.82) is 0 Å². The van der Waals surface area contributed by atoms with E-state index in [1.165, 1.54) is 6.20 Å². The van der Waals surface area contributed by atoms with E-state index in [9.17, 15) is 22.0 Å². The summed E-state index contributed by atoms with van der Waals surface area (Å²) < 4.78 is 75.6. The number of nitrogens with zero attached hydrogens (tertiary/aromatic N) is 2. The van der Waals surface area contributed by atoms with E-state index in [1.807, 2.05) is 0 Å². The van der Waals surface area contributed by atoms with Crippen molar-refractivity contribution in [2.75, 3.05) is 6.61 Å². The van der Waals surface area contributed by atoms with Crippen molar-refractivity contribution < 1.29 is 26.7 Å². The molecule has 0 radical (unpaired) electrons. The molecule has 0 saturated carbocycles. The van der Waals surface area contributed by atoms with Crippen LogP contribution in [0.5, 0.6) is 0 Å². The molecule has 1 unspecified atom stereocenters. The fourth-order valence-corrected chi connectivity index (χ4v) is 3.31. The standard InChI is InChI=1S/C19H13F5N2O/c1-9-25-11(8-27-9)6-10-7-26(13-5-3-2-4-12(10)13)19-17(23)15(21)14(20)16(22)18(19)24/h2-5,7,11H,6,8H2,1H3. The fourth-order valence-electron chi connectivity index (χ4n) is 3.31. The largest absolute Gasteiger partial charge is 0.479 e. The smallest absolute Gasteiger partial charge is 0.200 e. The van der Waals surface area contributed by atoms with Gasteiger partial charge in [0, 0.05) is 24.9 Å².